The van der Waals surface area contributed by atoms with Gasteiger partial charge in [-0.3, -0.25) is 5.43 Å². The van der Waals surface area contributed by atoms with Crippen LogP contribution < -0.4 is 5.43 Å². The Kier molecular flexibility index (Phi) is 6.50. The molecule has 1 unspecified atom stereocenters. The number of nitrogens with zero attached hydrogens (tertiary/aromatic N) is 3. The maximum absolute atomic E-state index is 13.1. The lowest BCUT2D eigenvalue weighted by Crippen LogP contribution is -2.39. The molecule has 0 radical (unpaired) electrons. The third-order valence-electron chi connectivity index (χ3n) is 5.34. The second-order valence-electron chi connectivity index (χ2n) is 7.96. The Balaban J connectivity index is 1.48. The second kappa shape index (κ2) is 9.30. The molecule has 4 rings (SSSR count). The summed E-state index contributed by atoms with van der Waals surface area (Å²) < 4.78 is 27.8. The van der Waals surface area contributed by atoms with Gasteiger partial charge < -0.3 is 0 Å². The van der Waals surface area contributed by atoms with Gasteiger partial charge in [0.2, 0.25) is 15.2 Å². The molecule has 8 heteroatoms. The number of nitrogens with one attached hydrogen (secondary N) is 1. The van der Waals surface area contributed by atoms with Crippen molar-refractivity contribution < 1.29 is 8.42 Å². The first-order chi connectivity index (χ1) is 14.9. The van der Waals surface area contributed by atoms with Crippen LogP contribution in [-0.2, 0) is 10.0 Å². The first kappa shape index (κ1) is 21.7. The Morgan fingerprint density at radius 1 is 1.23 bits per heavy atom. The smallest absolute Gasteiger partial charge is 0.243 e. The summed E-state index contributed by atoms with van der Waals surface area (Å²) in [5.41, 5.74) is 6.65. The molecule has 1 atom stereocenters. The van der Waals surface area contributed by atoms with E-state index in [4.69, 9.17) is 0 Å². The molecule has 1 N–H and O–H groups in total. The van der Waals surface area contributed by atoms with E-state index in [9.17, 15) is 8.42 Å². The minimum Gasteiger partial charge on any atom is -0.253 e. The number of aromatic nitrogens is 1. The maximum Gasteiger partial charge on any atom is 0.243 e. The van der Waals surface area contributed by atoms with E-state index in [1.807, 2.05) is 42.6 Å². The molecule has 31 heavy (non-hydrogen) atoms. The third kappa shape index (κ3) is 5.20. The second-order valence-corrected chi connectivity index (χ2v) is 10.8. The van der Waals surface area contributed by atoms with Crippen molar-refractivity contribution in [3.63, 3.8) is 0 Å². The van der Waals surface area contributed by atoms with Crippen LogP contribution in [0.4, 0.5) is 5.13 Å². The number of hydrogen-bond donors (Lipinski definition) is 1. The molecule has 1 aliphatic heterocycles. The van der Waals surface area contributed by atoms with E-state index >= 15 is 0 Å². The summed E-state index contributed by atoms with van der Waals surface area (Å²) in [5, 5.41) is 6.79. The zero-order chi connectivity index (χ0) is 21.8. The van der Waals surface area contributed by atoms with Gasteiger partial charge in [-0.15, -0.1) is 11.3 Å². The minimum atomic E-state index is -3.50. The highest BCUT2D eigenvalue weighted by atomic mass is 32.2. The number of benzene rings is 2. The van der Waals surface area contributed by atoms with Crippen molar-refractivity contribution in [3.8, 4) is 11.3 Å². The molecule has 2 aromatic carbocycles. The lowest BCUT2D eigenvalue weighted by atomic mass is 10.0. The van der Waals surface area contributed by atoms with Crippen LogP contribution in [0.15, 0.2) is 63.9 Å². The van der Waals surface area contributed by atoms with Crippen molar-refractivity contribution >= 4 is 32.7 Å². The van der Waals surface area contributed by atoms with Gasteiger partial charge in [-0.05, 0) is 43.4 Å². The molecule has 0 spiro atoms. The molecule has 0 bridgehead atoms. The summed E-state index contributed by atoms with van der Waals surface area (Å²) >= 11 is 1.43. The highest BCUT2D eigenvalue weighted by Crippen LogP contribution is 2.29. The average Bonchev–Trinajstić information content (AvgIpc) is 3.24. The normalized spacial score (nSPS) is 17.8. The van der Waals surface area contributed by atoms with Crippen LogP contribution in [-0.4, -0.2) is 37.0 Å². The summed E-state index contributed by atoms with van der Waals surface area (Å²) in [6.07, 6.45) is 3.73. The van der Waals surface area contributed by atoms with Crippen molar-refractivity contribution in [1.82, 2.24) is 9.29 Å². The van der Waals surface area contributed by atoms with Crippen LogP contribution in [0.25, 0.3) is 11.3 Å². The van der Waals surface area contributed by atoms with Gasteiger partial charge in [0.25, 0.3) is 0 Å². The molecule has 2 heterocycles. The molecule has 1 fully saturated rings. The van der Waals surface area contributed by atoms with Gasteiger partial charge in [0.05, 0.1) is 16.8 Å². The lowest BCUT2D eigenvalue weighted by molar-refractivity contribution is 0.281. The van der Waals surface area contributed by atoms with Crippen LogP contribution in [0.1, 0.15) is 30.9 Å². The molecule has 0 aliphatic carbocycles. The highest BCUT2D eigenvalue weighted by Gasteiger charge is 2.28. The lowest BCUT2D eigenvalue weighted by Gasteiger charge is -2.30. The number of anilines is 1. The molecule has 162 valence electrons. The summed E-state index contributed by atoms with van der Waals surface area (Å²) in [6, 6.07) is 15.1. The standard InChI is InChI=1S/C23H26N4O2S2/c1-17-8-10-19(11-9-17)14-24-26-23-25-22(16-30-23)20-6-3-7-21(13-20)31(28,29)27-12-4-5-18(2)15-27/h3,6-11,13-14,16,18H,4-5,12,15H2,1-2H3,(H,25,26). The summed E-state index contributed by atoms with van der Waals surface area (Å²) in [5.74, 6) is 0.388. The number of piperidine rings is 1. The Morgan fingerprint density at radius 2 is 2.03 bits per heavy atom. The van der Waals surface area contributed by atoms with Gasteiger partial charge >= 0.3 is 0 Å². The molecular formula is C23H26N4O2S2. The largest absolute Gasteiger partial charge is 0.253 e. The number of aryl methyl sites for hydroxylation is 1. The van der Waals surface area contributed by atoms with Crippen molar-refractivity contribution in [2.75, 3.05) is 18.5 Å². The average molecular weight is 455 g/mol. The first-order valence-electron chi connectivity index (χ1n) is 10.3. The first-order valence-corrected chi connectivity index (χ1v) is 12.7. The quantitative estimate of drug-likeness (QED) is 0.421. The van der Waals surface area contributed by atoms with Crippen LogP contribution in [0, 0.1) is 12.8 Å². The summed E-state index contributed by atoms with van der Waals surface area (Å²) in [4.78, 5) is 4.88. The van der Waals surface area contributed by atoms with E-state index in [-0.39, 0.29) is 0 Å². The molecule has 6 nitrogen and oxygen atoms in total. The van der Waals surface area contributed by atoms with Gasteiger partial charge in [0, 0.05) is 24.0 Å². The highest BCUT2D eigenvalue weighted by molar-refractivity contribution is 7.89. The van der Waals surface area contributed by atoms with Gasteiger partial charge in [0.1, 0.15) is 0 Å². The van der Waals surface area contributed by atoms with Gasteiger partial charge in [-0.1, -0.05) is 48.9 Å². The predicted molar refractivity (Wildman–Crippen MR) is 127 cm³/mol. The Hall–Kier alpha value is -2.55. The van der Waals surface area contributed by atoms with Crippen molar-refractivity contribution in [2.24, 2.45) is 11.0 Å². The van der Waals surface area contributed by atoms with E-state index in [1.165, 1.54) is 16.9 Å². The predicted octanol–water partition coefficient (Wildman–Crippen LogP) is 4.99. The van der Waals surface area contributed by atoms with Crippen LogP contribution in [0.3, 0.4) is 0 Å². The van der Waals surface area contributed by atoms with Crippen molar-refractivity contribution in [3.05, 3.63) is 65.0 Å². The Labute approximate surface area is 187 Å². The van der Waals surface area contributed by atoms with Crippen LogP contribution >= 0.6 is 11.3 Å². The zero-order valence-electron chi connectivity index (χ0n) is 17.7. The summed E-state index contributed by atoms with van der Waals surface area (Å²) in [6.45, 7) is 5.31. The fraction of sp³-hybridized carbons (Fsp3) is 0.304. The van der Waals surface area contributed by atoms with Gasteiger partial charge in [-0.25, -0.2) is 13.4 Å². The van der Waals surface area contributed by atoms with Crippen LogP contribution in [0.5, 0.6) is 0 Å². The SMILES string of the molecule is Cc1ccc(C=NNc2nc(-c3cccc(S(=O)(=O)N4CCCC(C)C4)c3)cs2)cc1. The minimum absolute atomic E-state index is 0.319. The molecule has 1 saturated heterocycles. The van der Waals surface area contributed by atoms with Gasteiger partial charge in [0.15, 0.2) is 0 Å². The fourth-order valence-electron chi connectivity index (χ4n) is 3.60. The molecule has 0 amide bonds. The summed E-state index contributed by atoms with van der Waals surface area (Å²) in [7, 11) is -3.50. The molecule has 1 aliphatic rings. The van der Waals surface area contributed by atoms with Crippen molar-refractivity contribution in [1.29, 1.82) is 0 Å². The van der Waals surface area contributed by atoms with E-state index in [2.05, 4.69) is 22.4 Å². The zero-order valence-corrected chi connectivity index (χ0v) is 19.3. The number of hydrogen-bond acceptors (Lipinski definition) is 6. The monoisotopic (exact) mass is 454 g/mol. The van der Waals surface area contributed by atoms with E-state index in [0.29, 0.717) is 29.0 Å². The van der Waals surface area contributed by atoms with E-state index < -0.39 is 10.0 Å². The number of thiazole rings is 1. The Bertz CT molecular complexity index is 1170. The van der Waals surface area contributed by atoms with Crippen LogP contribution in [0.2, 0.25) is 0 Å². The van der Waals surface area contributed by atoms with Crippen molar-refractivity contribution in [2.45, 2.75) is 31.6 Å². The molecule has 1 aromatic heterocycles. The van der Waals surface area contributed by atoms with E-state index in [1.54, 1.807) is 28.7 Å². The maximum atomic E-state index is 13.1. The molecular weight excluding hydrogens is 428 g/mol. The Morgan fingerprint density at radius 3 is 2.81 bits per heavy atom. The number of sulfonamides is 1. The third-order valence-corrected chi connectivity index (χ3v) is 7.95. The molecule has 0 saturated carbocycles. The number of rotatable bonds is 6. The fourth-order valence-corrected chi connectivity index (χ4v) is 5.92. The number of hydrazone groups is 1. The topological polar surface area (TPSA) is 74.7 Å². The van der Waals surface area contributed by atoms with Gasteiger partial charge in [-0.2, -0.15) is 9.41 Å². The molecule has 3 aromatic rings. The van der Waals surface area contributed by atoms with E-state index in [0.717, 1.165) is 29.7 Å².